The molecule has 0 fully saturated rings. The molecule has 1 amide bonds. The van der Waals surface area contributed by atoms with Gasteiger partial charge in [-0.3, -0.25) is 10.2 Å². The number of amides is 1. The van der Waals surface area contributed by atoms with Gasteiger partial charge >= 0.3 is 0 Å². The Morgan fingerprint density at radius 3 is 2.56 bits per heavy atom. The fourth-order valence-electron chi connectivity index (χ4n) is 3.22. The van der Waals surface area contributed by atoms with Gasteiger partial charge in [0.25, 0.3) is 5.91 Å². The predicted molar refractivity (Wildman–Crippen MR) is 147 cm³/mol. The minimum atomic E-state index is -0.328. The Labute approximate surface area is 221 Å². The molecule has 0 unspecified atom stereocenters. The Kier molecular flexibility index (Phi) is 8.53. The van der Waals surface area contributed by atoms with E-state index in [-0.39, 0.29) is 12.5 Å². The number of para-hydroxylation sites is 2. The molecule has 0 atom stereocenters. The number of ether oxygens (including phenoxy) is 3. The number of halogens is 1. The van der Waals surface area contributed by atoms with E-state index in [9.17, 15) is 4.79 Å². The van der Waals surface area contributed by atoms with E-state index in [4.69, 9.17) is 14.2 Å². The van der Waals surface area contributed by atoms with Gasteiger partial charge in [0.1, 0.15) is 5.75 Å². The lowest BCUT2D eigenvalue weighted by Crippen LogP contribution is -2.20. The van der Waals surface area contributed by atoms with Crippen LogP contribution in [0.5, 0.6) is 17.2 Å². The number of methoxy groups -OCH3 is 2. The van der Waals surface area contributed by atoms with Crippen molar-refractivity contribution in [3.63, 3.8) is 0 Å². The predicted octanol–water partition coefficient (Wildman–Crippen LogP) is 6.05. The molecule has 0 aliphatic heterocycles. The van der Waals surface area contributed by atoms with Crippen LogP contribution in [0, 0.1) is 0 Å². The molecule has 2 N–H and O–H groups in total. The number of thiazole rings is 1. The zero-order chi connectivity index (χ0) is 25.3. The number of anilines is 2. The molecular weight excluding hydrogens is 544 g/mol. The molecule has 184 valence electrons. The van der Waals surface area contributed by atoms with Gasteiger partial charge in [-0.15, -0.1) is 11.3 Å². The van der Waals surface area contributed by atoms with Crippen LogP contribution in [0.1, 0.15) is 5.56 Å². The summed E-state index contributed by atoms with van der Waals surface area (Å²) in [6, 6.07) is 20.6. The lowest BCUT2D eigenvalue weighted by atomic mass is 10.2. The molecule has 8 nitrogen and oxygen atoms in total. The Hall–Kier alpha value is -3.89. The number of aromatic nitrogens is 1. The van der Waals surface area contributed by atoms with Gasteiger partial charge in [0.2, 0.25) is 5.13 Å². The molecule has 4 rings (SSSR count). The van der Waals surface area contributed by atoms with Crippen LogP contribution < -0.4 is 25.0 Å². The zero-order valence-electron chi connectivity index (χ0n) is 19.5. The van der Waals surface area contributed by atoms with Crippen LogP contribution in [0.25, 0.3) is 11.3 Å². The van der Waals surface area contributed by atoms with Crippen molar-refractivity contribution in [3.8, 4) is 28.5 Å². The summed E-state index contributed by atoms with van der Waals surface area (Å²) in [7, 11) is 3.08. The average Bonchev–Trinajstić information content (AvgIpc) is 3.38. The third kappa shape index (κ3) is 6.41. The molecule has 0 saturated heterocycles. The number of nitrogens with zero attached hydrogens (tertiary/aromatic N) is 2. The molecule has 3 aromatic carbocycles. The molecular formula is C26H23BrN4O4S. The van der Waals surface area contributed by atoms with E-state index < -0.39 is 0 Å². The van der Waals surface area contributed by atoms with Gasteiger partial charge < -0.3 is 19.5 Å². The number of hydrogen-bond acceptors (Lipinski definition) is 8. The quantitative estimate of drug-likeness (QED) is 0.179. The van der Waals surface area contributed by atoms with Gasteiger partial charge in [-0.05, 0) is 40.2 Å². The average molecular weight is 567 g/mol. The molecule has 0 saturated carbocycles. The van der Waals surface area contributed by atoms with E-state index in [1.54, 1.807) is 37.6 Å². The Bertz CT molecular complexity index is 1360. The highest BCUT2D eigenvalue weighted by Crippen LogP contribution is 2.33. The number of rotatable bonds is 10. The maximum atomic E-state index is 12.4. The van der Waals surface area contributed by atoms with E-state index in [1.165, 1.54) is 18.4 Å². The molecule has 4 aromatic rings. The minimum absolute atomic E-state index is 0.205. The van der Waals surface area contributed by atoms with Crippen molar-refractivity contribution in [2.45, 2.75) is 0 Å². The van der Waals surface area contributed by atoms with Crippen LogP contribution in [0.15, 0.2) is 81.7 Å². The summed E-state index contributed by atoms with van der Waals surface area (Å²) in [5.41, 5.74) is 6.21. The molecule has 0 aliphatic carbocycles. The van der Waals surface area contributed by atoms with Gasteiger partial charge in [-0.1, -0.05) is 42.5 Å². The number of hydrazone groups is 1. The van der Waals surface area contributed by atoms with E-state index in [0.29, 0.717) is 28.1 Å². The number of hydrogen-bond donors (Lipinski definition) is 2. The third-order valence-corrected chi connectivity index (χ3v) is 6.39. The van der Waals surface area contributed by atoms with Gasteiger partial charge in [-0.2, -0.15) is 5.10 Å². The lowest BCUT2D eigenvalue weighted by Gasteiger charge is -2.13. The van der Waals surface area contributed by atoms with Crippen molar-refractivity contribution in [1.82, 2.24) is 4.98 Å². The molecule has 1 aromatic heterocycles. The van der Waals surface area contributed by atoms with E-state index >= 15 is 0 Å². The van der Waals surface area contributed by atoms with E-state index in [1.807, 2.05) is 47.8 Å². The fourth-order valence-corrected chi connectivity index (χ4v) is 4.32. The van der Waals surface area contributed by atoms with Crippen molar-refractivity contribution in [1.29, 1.82) is 0 Å². The monoisotopic (exact) mass is 566 g/mol. The summed E-state index contributed by atoms with van der Waals surface area (Å²) >= 11 is 4.99. The molecule has 36 heavy (non-hydrogen) atoms. The molecule has 1 heterocycles. The number of benzene rings is 3. The SMILES string of the molecule is COc1ccccc1NC(=O)COc1cc(Br)c(C=NNc2nc(-c3ccccc3)cs2)cc1OC. The number of carbonyl (C=O) groups is 1. The highest BCUT2D eigenvalue weighted by atomic mass is 79.9. The molecule has 0 radical (unpaired) electrons. The summed E-state index contributed by atoms with van der Waals surface area (Å²) in [5.74, 6) is 1.12. The van der Waals surface area contributed by atoms with E-state index in [0.717, 1.165) is 21.3 Å². The van der Waals surface area contributed by atoms with Crippen LogP contribution >= 0.6 is 27.3 Å². The van der Waals surface area contributed by atoms with Crippen molar-refractivity contribution in [3.05, 3.63) is 82.1 Å². The summed E-state index contributed by atoms with van der Waals surface area (Å²) in [6.45, 7) is -0.205. The smallest absolute Gasteiger partial charge is 0.262 e. The maximum Gasteiger partial charge on any atom is 0.262 e. The van der Waals surface area contributed by atoms with Crippen molar-refractivity contribution < 1.29 is 19.0 Å². The summed E-state index contributed by atoms with van der Waals surface area (Å²) in [4.78, 5) is 17.0. The van der Waals surface area contributed by atoms with Crippen LogP contribution in [-0.4, -0.2) is 37.9 Å². The minimum Gasteiger partial charge on any atom is -0.495 e. The first kappa shape index (κ1) is 25.2. The Morgan fingerprint density at radius 2 is 1.78 bits per heavy atom. The lowest BCUT2D eigenvalue weighted by molar-refractivity contribution is -0.118. The Balaban J connectivity index is 1.38. The van der Waals surface area contributed by atoms with Crippen molar-refractivity contribution in [2.24, 2.45) is 5.10 Å². The van der Waals surface area contributed by atoms with Gasteiger partial charge in [0, 0.05) is 21.0 Å². The summed E-state index contributed by atoms with van der Waals surface area (Å²) in [6.07, 6.45) is 1.65. The van der Waals surface area contributed by atoms with Crippen LogP contribution in [0.4, 0.5) is 10.8 Å². The van der Waals surface area contributed by atoms with Crippen molar-refractivity contribution in [2.75, 3.05) is 31.6 Å². The second-order valence-electron chi connectivity index (χ2n) is 7.34. The zero-order valence-corrected chi connectivity index (χ0v) is 21.9. The standard InChI is InChI=1S/C26H23BrN4O4S/c1-33-22-11-7-6-10-20(22)29-25(32)15-35-24-13-19(27)18(12-23(24)34-2)14-28-31-26-30-21(16-36-26)17-8-4-3-5-9-17/h3-14,16H,15H2,1-2H3,(H,29,32)(H,30,31). The maximum absolute atomic E-state index is 12.4. The largest absolute Gasteiger partial charge is 0.495 e. The number of nitrogens with one attached hydrogen (secondary N) is 2. The first-order valence-electron chi connectivity index (χ1n) is 10.8. The highest BCUT2D eigenvalue weighted by Gasteiger charge is 2.13. The van der Waals surface area contributed by atoms with Crippen molar-refractivity contribution >= 4 is 50.2 Å². The molecule has 0 aliphatic rings. The van der Waals surface area contributed by atoms with Crippen LogP contribution in [0.2, 0.25) is 0 Å². The summed E-state index contributed by atoms with van der Waals surface area (Å²) in [5, 5.41) is 9.72. The normalized spacial score (nSPS) is 10.8. The highest BCUT2D eigenvalue weighted by molar-refractivity contribution is 9.10. The first-order chi connectivity index (χ1) is 17.6. The first-order valence-corrected chi connectivity index (χ1v) is 12.5. The van der Waals surface area contributed by atoms with Gasteiger partial charge in [0.05, 0.1) is 31.8 Å². The van der Waals surface area contributed by atoms with Gasteiger partial charge in [-0.25, -0.2) is 4.98 Å². The fraction of sp³-hybridized carbons (Fsp3) is 0.115. The van der Waals surface area contributed by atoms with Crippen LogP contribution in [-0.2, 0) is 4.79 Å². The number of carbonyl (C=O) groups excluding carboxylic acids is 1. The molecule has 0 bridgehead atoms. The third-order valence-electron chi connectivity index (χ3n) is 4.96. The van der Waals surface area contributed by atoms with Gasteiger partial charge in [0.15, 0.2) is 18.1 Å². The second-order valence-corrected chi connectivity index (χ2v) is 9.05. The second kappa shape index (κ2) is 12.2. The Morgan fingerprint density at radius 1 is 1.03 bits per heavy atom. The summed E-state index contributed by atoms with van der Waals surface area (Å²) < 4.78 is 17.1. The molecule has 0 spiro atoms. The topological polar surface area (TPSA) is 94.1 Å². The van der Waals surface area contributed by atoms with Crippen LogP contribution in [0.3, 0.4) is 0 Å². The van der Waals surface area contributed by atoms with E-state index in [2.05, 4.69) is 36.8 Å². The molecule has 10 heteroatoms.